The van der Waals surface area contributed by atoms with Crippen LogP contribution in [0, 0.1) is 13.8 Å². The molecule has 0 aliphatic rings. The summed E-state index contributed by atoms with van der Waals surface area (Å²) in [5.74, 6) is 1.85. The number of rotatable bonds is 3. The van der Waals surface area contributed by atoms with Crippen molar-refractivity contribution >= 4 is 55.6 Å². The van der Waals surface area contributed by atoms with Crippen LogP contribution in [0.25, 0.3) is 10.2 Å². The molecular weight excluding hydrogens is 312 g/mol. The van der Waals surface area contributed by atoms with Gasteiger partial charge < -0.3 is 11.5 Å². The van der Waals surface area contributed by atoms with Crippen LogP contribution in [0.15, 0.2) is 4.34 Å². The van der Waals surface area contributed by atoms with Crippen molar-refractivity contribution in [1.82, 2.24) is 20.2 Å². The van der Waals surface area contributed by atoms with Crippen LogP contribution >= 0.6 is 34.4 Å². The summed E-state index contributed by atoms with van der Waals surface area (Å²) in [6, 6.07) is 0. The Morgan fingerprint density at radius 3 is 2.60 bits per heavy atom. The van der Waals surface area contributed by atoms with Gasteiger partial charge in [0.25, 0.3) is 0 Å². The summed E-state index contributed by atoms with van der Waals surface area (Å²) in [7, 11) is 0. The van der Waals surface area contributed by atoms with Gasteiger partial charge in [0.2, 0.25) is 5.13 Å². The first-order chi connectivity index (χ1) is 9.54. The molecular formula is C11H12N6S3. The van der Waals surface area contributed by atoms with Crippen molar-refractivity contribution in [2.75, 3.05) is 11.5 Å². The number of aromatic nitrogens is 4. The molecule has 0 aliphatic heterocycles. The highest BCUT2D eigenvalue weighted by atomic mass is 32.2. The quantitative estimate of drug-likeness (QED) is 0.714. The summed E-state index contributed by atoms with van der Waals surface area (Å²) in [6.45, 7) is 4.12. The van der Waals surface area contributed by atoms with Gasteiger partial charge in [0, 0.05) is 4.88 Å². The van der Waals surface area contributed by atoms with Crippen LogP contribution in [0.3, 0.4) is 0 Å². The first kappa shape index (κ1) is 13.5. The minimum atomic E-state index is 0.466. The maximum atomic E-state index is 6.05. The number of nitrogen functional groups attached to an aromatic ring is 2. The zero-order valence-electron chi connectivity index (χ0n) is 10.9. The Morgan fingerprint density at radius 2 is 1.90 bits per heavy atom. The lowest BCUT2D eigenvalue weighted by Crippen LogP contribution is -1.99. The van der Waals surface area contributed by atoms with E-state index < -0.39 is 0 Å². The average Bonchev–Trinajstić information content (AvgIpc) is 2.92. The summed E-state index contributed by atoms with van der Waals surface area (Å²) in [4.78, 5) is 11.1. The molecule has 0 bridgehead atoms. The Bertz CT molecular complexity index is 778. The molecule has 9 heteroatoms. The van der Waals surface area contributed by atoms with E-state index in [0.29, 0.717) is 22.5 Å². The summed E-state index contributed by atoms with van der Waals surface area (Å²) < 4.78 is 0.809. The van der Waals surface area contributed by atoms with Gasteiger partial charge >= 0.3 is 0 Å². The molecule has 0 aromatic carbocycles. The van der Waals surface area contributed by atoms with Gasteiger partial charge in [-0.25, -0.2) is 9.97 Å². The van der Waals surface area contributed by atoms with E-state index in [1.54, 1.807) is 11.3 Å². The Morgan fingerprint density at radius 1 is 1.10 bits per heavy atom. The zero-order chi connectivity index (χ0) is 14.3. The molecule has 3 aromatic heterocycles. The molecule has 4 N–H and O–H groups in total. The minimum absolute atomic E-state index is 0.466. The summed E-state index contributed by atoms with van der Waals surface area (Å²) in [6.07, 6.45) is 0. The summed E-state index contributed by atoms with van der Waals surface area (Å²) in [5.41, 5.74) is 12.8. The van der Waals surface area contributed by atoms with E-state index in [2.05, 4.69) is 27.1 Å². The predicted molar refractivity (Wildman–Crippen MR) is 85.2 cm³/mol. The Labute approximate surface area is 127 Å². The lowest BCUT2D eigenvalue weighted by molar-refractivity contribution is 1.01. The summed E-state index contributed by atoms with van der Waals surface area (Å²) in [5, 5.41) is 9.17. The van der Waals surface area contributed by atoms with Crippen LogP contribution in [0.5, 0.6) is 0 Å². The standard InChI is InChI=1S/C11H12N6S3/c1-4-5(2)19-9-7(4)8(12)14-6(15-9)3-18-11-17-16-10(13)20-11/h3H2,1-2H3,(H2,13,16)(H2,12,14,15). The molecule has 3 aromatic rings. The zero-order valence-corrected chi connectivity index (χ0v) is 13.3. The average molecular weight is 324 g/mol. The highest BCUT2D eigenvalue weighted by Gasteiger charge is 2.13. The highest BCUT2D eigenvalue weighted by Crippen LogP contribution is 2.33. The molecule has 3 rings (SSSR count). The highest BCUT2D eigenvalue weighted by molar-refractivity contribution is 8.00. The normalized spacial score (nSPS) is 11.3. The molecule has 0 saturated carbocycles. The SMILES string of the molecule is Cc1sc2nc(CSc3nnc(N)s3)nc(N)c2c1C. The van der Waals surface area contributed by atoms with Crippen molar-refractivity contribution in [1.29, 1.82) is 0 Å². The molecule has 0 radical (unpaired) electrons. The number of nitrogens with zero attached hydrogens (tertiary/aromatic N) is 4. The fourth-order valence-corrected chi connectivity index (χ4v) is 4.34. The maximum absolute atomic E-state index is 6.05. The van der Waals surface area contributed by atoms with Crippen molar-refractivity contribution in [3.8, 4) is 0 Å². The van der Waals surface area contributed by atoms with Crippen molar-refractivity contribution in [2.45, 2.75) is 23.9 Å². The largest absolute Gasteiger partial charge is 0.383 e. The molecule has 0 aliphatic carbocycles. The van der Waals surface area contributed by atoms with Gasteiger partial charge in [-0.15, -0.1) is 21.5 Å². The van der Waals surface area contributed by atoms with Gasteiger partial charge in [-0.2, -0.15) is 0 Å². The van der Waals surface area contributed by atoms with Crippen molar-refractivity contribution in [2.24, 2.45) is 0 Å². The van der Waals surface area contributed by atoms with Crippen LogP contribution in [-0.4, -0.2) is 20.2 Å². The van der Waals surface area contributed by atoms with Crippen LogP contribution in [0.4, 0.5) is 10.9 Å². The topological polar surface area (TPSA) is 104 Å². The number of thioether (sulfide) groups is 1. The number of hydrogen-bond donors (Lipinski definition) is 2. The third-order valence-corrected chi connectivity index (χ3v) is 5.83. The van der Waals surface area contributed by atoms with Gasteiger partial charge in [-0.3, -0.25) is 0 Å². The van der Waals surface area contributed by atoms with Crippen molar-refractivity contribution < 1.29 is 0 Å². The number of fused-ring (bicyclic) bond motifs is 1. The fraction of sp³-hybridized carbons (Fsp3) is 0.273. The Hall–Kier alpha value is -1.45. The summed E-state index contributed by atoms with van der Waals surface area (Å²) >= 11 is 4.51. The second-order valence-electron chi connectivity index (χ2n) is 4.18. The molecule has 0 saturated heterocycles. The van der Waals surface area contributed by atoms with Gasteiger partial charge in [-0.1, -0.05) is 23.1 Å². The predicted octanol–water partition coefficient (Wildman–Crippen LogP) is 2.62. The molecule has 0 atom stereocenters. The van der Waals surface area contributed by atoms with Crippen LogP contribution in [-0.2, 0) is 5.75 Å². The number of thiophene rings is 1. The lowest BCUT2D eigenvalue weighted by Gasteiger charge is -2.01. The van der Waals surface area contributed by atoms with E-state index in [1.165, 1.54) is 33.5 Å². The monoisotopic (exact) mass is 324 g/mol. The maximum Gasteiger partial charge on any atom is 0.203 e. The third-order valence-electron chi connectivity index (χ3n) is 2.85. The smallest absolute Gasteiger partial charge is 0.203 e. The van der Waals surface area contributed by atoms with E-state index in [-0.39, 0.29) is 0 Å². The first-order valence-corrected chi connectivity index (χ1v) is 8.40. The first-order valence-electron chi connectivity index (χ1n) is 5.78. The van der Waals surface area contributed by atoms with Gasteiger partial charge in [0.15, 0.2) is 4.34 Å². The van der Waals surface area contributed by atoms with E-state index in [9.17, 15) is 0 Å². The van der Waals surface area contributed by atoms with Crippen molar-refractivity contribution in [3.63, 3.8) is 0 Å². The minimum Gasteiger partial charge on any atom is -0.383 e. The Balaban J connectivity index is 1.89. The van der Waals surface area contributed by atoms with E-state index in [4.69, 9.17) is 11.5 Å². The molecule has 0 amide bonds. The van der Waals surface area contributed by atoms with E-state index >= 15 is 0 Å². The number of aryl methyl sites for hydroxylation is 2. The van der Waals surface area contributed by atoms with E-state index in [0.717, 1.165) is 14.6 Å². The molecule has 3 heterocycles. The van der Waals surface area contributed by atoms with Gasteiger partial charge in [0.1, 0.15) is 16.5 Å². The molecule has 0 unspecified atom stereocenters. The Kier molecular flexibility index (Phi) is 3.48. The van der Waals surface area contributed by atoms with Crippen LogP contribution in [0.2, 0.25) is 0 Å². The van der Waals surface area contributed by atoms with Crippen molar-refractivity contribution in [3.05, 3.63) is 16.3 Å². The molecule has 0 spiro atoms. The second-order valence-corrected chi connectivity index (χ2v) is 7.62. The number of nitrogens with two attached hydrogens (primary N) is 2. The number of hydrogen-bond acceptors (Lipinski definition) is 9. The molecule has 104 valence electrons. The molecule has 0 fully saturated rings. The van der Waals surface area contributed by atoms with E-state index in [1.807, 2.05) is 6.92 Å². The second kappa shape index (κ2) is 5.15. The fourth-order valence-electron chi connectivity index (χ4n) is 1.80. The van der Waals surface area contributed by atoms with Crippen LogP contribution in [0.1, 0.15) is 16.3 Å². The third kappa shape index (κ3) is 2.43. The molecule has 20 heavy (non-hydrogen) atoms. The van der Waals surface area contributed by atoms with Gasteiger partial charge in [0.05, 0.1) is 11.1 Å². The van der Waals surface area contributed by atoms with Gasteiger partial charge in [-0.05, 0) is 19.4 Å². The van der Waals surface area contributed by atoms with Crippen LogP contribution < -0.4 is 11.5 Å². The molecule has 6 nitrogen and oxygen atoms in total. The number of anilines is 2. The lowest BCUT2D eigenvalue weighted by atomic mass is 10.2.